The third-order valence-corrected chi connectivity index (χ3v) is 3.76. The first-order chi connectivity index (χ1) is 8.16. The van der Waals surface area contributed by atoms with Crippen molar-refractivity contribution in [2.75, 3.05) is 0 Å². The maximum atomic E-state index is 6.12. The molecule has 0 aliphatic heterocycles. The molecule has 0 bridgehead atoms. The van der Waals surface area contributed by atoms with E-state index < -0.39 is 0 Å². The molecule has 5 heteroatoms. The molecule has 1 aromatic heterocycles. The lowest BCUT2D eigenvalue weighted by atomic mass is 10.0. The predicted octanol–water partition coefficient (Wildman–Crippen LogP) is 2.06. The molecule has 1 aromatic carbocycles. The zero-order valence-corrected chi connectivity index (χ0v) is 10.9. The number of nitrogens with zero attached hydrogens (tertiary/aromatic N) is 3. The summed E-state index contributed by atoms with van der Waals surface area (Å²) in [5, 5.41) is 4.11. The van der Waals surface area contributed by atoms with Crippen LogP contribution in [0.15, 0.2) is 35.3 Å². The van der Waals surface area contributed by atoms with Crippen LogP contribution >= 0.6 is 15.9 Å². The number of rotatable bonds is 3. The van der Waals surface area contributed by atoms with Crippen LogP contribution in [0.5, 0.6) is 0 Å². The molecule has 0 atom stereocenters. The van der Waals surface area contributed by atoms with Gasteiger partial charge in [-0.15, -0.1) is 0 Å². The normalized spacial score (nSPS) is 17.1. The second-order valence-corrected chi connectivity index (χ2v) is 5.52. The zero-order chi connectivity index (χ0) is 11.9. The van der Waals surface area contributed by atoms with Gasteiger partial charge in [0.1, 0.15) is 12.7 Å². The Hall–Kier alpha value is -1.20. The Morgan fingerprint density at radius 1 is 1.41 bits per heavy atom. The molecule has 3 rings (SSSR count). The molecule has 1 heterocycles. The van der Waals surface area contributed by atoms with E-state index in [1.54, 1.807) is 11.0 Å². The van der Waals surface area contributed by atoms with Crippen molar-refractivity contribution < 1.29 is 0 Å². The highest BCUT2D eigenvalue weighted by atomic mass is 79.9. The van der Waals surface area contributed by atoms with Crippen molar-refractivity contribution in [2.45, 2.75) is 24.8 Å². The van der Waals surface area contributed by atoms with Crippen molar-refractivity contribution in [3.63, 3.8) is 0 Å². The van der Waals surface area contributed by atoms with Gasteiger partial charge in [-0.25, -0.2) is 9.67 Å². The maximum Gasteiger partial charge on any atom is 0.138 e. The van der Waals surface area contributed by atoms with Crippen molar-refractivity contribution >= 4 is 15.9 Å². The Balaban J connectivity index is 1.89. The SMILES string of the molecule is NC1(Cc2ccc(-n3cncn3)c(Br)c2)CC1. The molecular weight excluding hydrogens is 280 g/mol. The van der Waals surface area contributed by atoms with Gasteiger partial charge in [0.2, 0.25) is 0 Å². The molecule has 0 saturated heterocycles. The van der Waals surface area contributed by atoms with Gasteiger partial charge in [0.15, 0.2) is 0 Å². The predicted molar refractivity (Wildman–Crippen MR) is 68.9 cm³/mol. The highest BCUT2D eigenvalue weighted by molar-refractivity contribution is 9.10. The molecule has 1 fully saturated rings. The summed E-state index contributed by atoms with van der Waals surface area (Å²) in [5.74, 6) is 0. The molecule has 1 aliphatic carbocycles. The van der Waals surface area contributed by atoms with Crippen molar-refractivity contribution in [3.05, 3.63) is 40.9 Å². The molecule has 88 valence electrons. The van der Waals surface area contributed by atoms with Gasteiger partial charge < -0.3 is 5.73 Å². The molecule has 17 heavy (non-hydrogen) atoms. The topological polar surface area (TPSA) is 56.7 Å². The summed E-state index contributed by atoms with van der Waals surface area (Å²) in [7, 11) is 0. The van der Waals surface area contributed by atoms with Crippen molar-refractivity contribution in [1.82, 2.24) is 14.8 Å². The summed E-state index contributed by atoms with van der Waals surface area (Å²) in [6.45, 7) is 0. The van der Waals surface area contributed by atoms with E-state index in [9.17, 15) is 0 Å². The summed E-state index contributed by atoms with van der Waals surface area (Å²) in [5.41, 5.74) is 8.43. The van der Waals surface area contributed by atoms with Gasteiger partial charge in [0.25, 0.3) is 0 Å². The van der Waals surface area contributed by atoms with E-state index in [-0.39, 0.29) is 5.54 Å². The fraction of sp³-hybridized carbons (Fsp3) is 0.333. The maximum absolute atomic E-state index is 6.12. The minimum Gasteiger partial charge on any atom is -0.325 e. The number of aromatic nitrogens is 3. The number of hydrogen-bond acceptors (Lipinski definition) is 3. The largest absolute Gasteiger partial charge is 0.325 e. The first-order valence-corrected chi connectivity index (χ1v) is 6.38. The molecule has 0 spiro atoms. The van der Waals surface area contributed by atoms with E-state index in [4.69, 9.17) is 5.73 Å². The standard InChI is InChI=1S/C12H13BrN4/c13-10-5-9(6-12(14)3-4-12)1-2-11(10)17-8-15-7-16-17/h1-2,5,7-8H,3-4,6,14H2. The van der Waals surface area contributed by atoms with Gasteiger partial charge >= 0.3 is 0 Å². The highest BCUT2D eigenvalue weighted by Gasteiger charge is 2.37. The number of hydrogen-bond donors (Lipinski definition) is 1. The summed E-state index contributed by atoms with van der Waals surface area (Å²) in [6, 6.07) is 6.26. The molecule has 2 aromatic rings. The molecule has 4 nitrogen and oxygen atoms in total. The van der Waals surface area contributed by atoms with Gasteiger partial charge in [-0.3, -0.25) is 0 Å². The Kier molecular flexibility index (Phi) is 2.52. The van der Waals surface area contributed by atoms with E-state index >= 15 is 0 Å². The number of nitrogens with two attached hydrogens (primary N) is 1. The van der Waals surface area contributed by atoms with E-state index in [1.807, 2.05) is 6.07 Å². The van der Waals surface area contributed by atoms with Crippen molar-refractivity contribution in [1.29, 1.82) is 0 Å². The van der Waals surface area contributed by atoms with Crippen molar-refractivity contribution in [3.8, 4) is 5.69 Å². The Morgan fingerprint density at radius 3 is 2.82 bits per heavy atom. The third kappa shape index (κ3) is 2.25. The van der Waals surface area contributed by atoms with E-state index in [1.165, 1.54) is 11.9 Å². The molecule has 0 unspecified atom stereocenters. The summed E-state index contributed by atoms with van der Waals surface area (Å²) in [4.78, 5) is 3.94. The highest BCUT2D eigenvalue weighted by Crippen LogP contribution is 2.36. The minimum absolute atomic E-state index is 0.0498. The summed E-state index contributed by atoms with van der Waals surface area (Å²) < 4.78 is 2.76. The van der Waals surface area contributed by atoms with Crippen LogP contribution in [0.3, 0.4) is 0 Å². The number of halogens is 1. The van der Waals surface area contributed by atoms with Crippen LogP contribution in [0.25, 0.3) is 5.69 Å². The molecular formula is C12H13BrN4. The molecule has 1 saturated carbocycles. The van der Waals surface area contributed by atoms with Gasteiger partial charge in [-0.1, -0.05) is 6.07 Å². The van der Waals surface area contributed by atoms with Crippen molar-refractivity contribution in [2.24, 2.45) is 5.73 Å². The summed E-state index contributed by atoms with van der Waals surface area (Å²) in [6.07, 6.45) is 6.43. The fourth-order valence-electron chi connectivity index (χ4n) is 1.92. The van der Waals surface area contributed by atoms with E-state index in [0.717, 1.165) is 29.4 Å². The van der Waals surface area contributed by atoms with Crippen LogP contribution in [-0.4, -0.2) is 20.3 Å². The molecule has 1 aliphatic rings. The van der Waals surface area contributed by atoms with Crippen LogP contribution in [0.4, 0.5) is 0 Å². The second-order valence-electron chi connectivity index (χ2n) is 4.66. The quantitative estimate of drug-likeness (QED) is 0.942. The third-order valence-electron chi connectivity index (χ3n) is 3.13. The molecule has 2 N–H and O–H groups in total. The summed E-state index contributed by atoms with van der Waals surface area (Å²) >= 11 is 3.57. The first-order valence-electron chi connectivity index (χ1n) is 5.59. The van der Waals surface area contributed by atoms with Crippen LogP contribution in [-0.2, 0) is 6.42 Å². The first kappa shape index (κ1) is 10.9. The van der Waals surface area contributed by atoms with Gasteiger partial charge in [-0.2, -0.15) is 5.10 Å². The van der Waals surface area contributed by atoms with Crippen LogP contribution in [0.1, 0.15) is 18.4 Å². The lowest BCUT2D eigenvalue weighted by molar-refractivity contribution is 0.671. The van der Waals surface area contributed by atoms with Gasteiger partial charge in [0, 0.05) is 10.0 Å². The van der Waals surface area contributed by atoms with Gasteiger partial charge in [-0.05, 0) is 52.9 Å². The average Bonchev–Trinajstić information content (AvgIpc) is 2.81. The monoisotopic (exact) mass is 292 g/mol. The van der Waals surface area contributed by atoms with Gasteiger partial charge in [0.05, 0.1) is 5.69 Å². The lowest BCUT2D eigenvalue weighted by Crippen LogP contribution is -2.24. The zero-order valence-electron chi connectivity index (χ0n) is 9.31. The van der Waals surface area contributed by atoms with Crippen LogP contribution < -0.4 is 5.73 Å². The van der Waals surface area contributed by atoms with E-state index in [0.29, 0.717) is 0 Å². The van der Waals surface area contributed by atoms with Crippen LogP contribution in [0.2, 0.25) is 0 Å². The smallest absolute Gasteiger partial charge is 0.138 e. The fourth-order valence-corrected chi connectivity index (χ4v) is 2.53. The Bertz CT molecular complexity index is 531. The number of benzene rings is 1. The van der Waals surface area contributed by atoms with Crippen LogP contribution in [0, 0.1) is 0 Å². The average molecular weight is 293 g/mol. The second kappa shape index (κ2) is 3.92. The minimum atomic E-state index is 0.0498. The Morgan fingerprint density at radius 2 is 2.24 bits per heavy atom. The lowest BCUT2D eigenvalue weighted by Gasteiger charge is -2.10. The van der Waals surface area contributed by atoms with E-state index in [2.05, 4.69) is 38.1 Å². The molecule has 0 amide bonds. The molecule has 0 radical (unpaired) electrons. The Labute approximate surface area is 108 Å².